The summed E-state index contributed by atoms with van der Waals surface area (Å²) in [7, 11) is 0. The number of nitrogens with two attached hydrogens (primary N) is 17. The number of hydrogen-bond donors (Lipinski definition) is 27. The summed E-state index contributed by atoms with van der Waals surface area (Å²) < 4.78 is 0. The van der Waals surface area contributed by atoms with Crippen LogP contribution in [0.4, 0.5) is 0 Å². The zero-order valence-corrected chi connectivity index (χ0v) is 57.6. The third-order valence-corrected chi connectivity index (χ3v) is 14.9. The maximum atomic E-state index is 14.8. The van der Waals surface area contributed by atoms with Crippen LogP contribution in [0.1, 0.15) is 128 Å². The fourth-order valence-electron chi connectivity index (χ4n) is 9.25. The van der Waals surface area contributed by atoms with Crippen LogP contribution in [-0.2, 0) is 52.7 Å². The van der Waals surface area contributed by atoms with Gasteiger partial charge in [-0.3, -0.25) is 82.7 Å². The highest BCUT2D eigenvalue weighted by Crippen LogP contribution is 2.13. The van der Waals surface area contributed by atoms with Gasteiger partial charge in [-0.05, 0) is 135 Å². The predicted molar refractivity (Wildman–Crippen MR) is 382 cm³/mol. The molecule has 0 bridgehead atoms. The largest absolute Gasteiger partial charge is 0.370 e. The molecule has 0 fully saturated rings. The summed E-state index contributed by atoms with van der Waals surface area (Å²) in [5, 5.41) is 23.4. The summed E-state index contributed by atoms with van der Waals surface area (Å²) in [5.74, 6) is -11.8. The van der Waals surface area contributed by atoms with E-state index in [-0.39, 0.29) is 177 Å². The second-order valence-corrected chi connectivity index (χ2v) is 23.4. The average Bonchev–Trinajstić information content (AvgIpc) is 0.870. The molecule has 10 atom stereocenters. The van der Waals surface area contributed by atoms with E-state index in [1.807, 2.05) is 0 Å². The number of thiol groups is 1. The molecule has 0 aromatic heterocycles. The van der Waals surface area contributed by atoms with Crippen molar-refractivity contribution in [1.29, 1.82) is 0 Å². The lowest BCUT2D eigenvalue weighted by Gasteiger charge is -2.28. The molecule has 0 aliphatic heterocycles. The molecule has 44 heteroatoms. The second kappa shape index (κ2) is 52.1. The number of primary amides is 2. The number of nitrogens with zero attached hydrogens (tertiary/aromatic N) is 6. The highest BCUT2D eigenvalue weighted by atomic mass is 32.1. The number of carbonyl (C=O) groups excluding carboxylic acids is 11. The molecule has 0 spiro atoms. The lowest BCUT2D eigenvalue weighted by atomic mass is 10.0. The SMILES string of the molecule is NCCCC[C@H](NC(=O)[C@H](CCCCN)NC(=O)[C@@H](N)CCCN=C(N)N)C(=O)N[C@@H](CCCN=C(N)N)C(=O)N[C@@H](CCCN=C(N)N)C(=O)N[C@@H](CCCN=C(N)N)C(=O)N[C@@H](CCC(N)=O)C(=O)N[C@@H](CCCN=C(N)N)C(=O)N[C@@H](CCCN=C(N)N)C(=O)N[C@@H](CS)C(N)=O. The molecule has 0 unspecified atom stereocenters. The number of hydrogen-bond acceptors (Lipinski definition) is 21. The van der Waals surface area contributed by atoms with Crippen molar-refractivity contribution in [3.8, 4) is 0 Å². The van der Waals surface area contributed by atoms with E-state index in [1.54, 1.807) is 0 Å². The maximum absolute atomic E-state index is 14.8. The van der Waals surface area contributed by atoms with Gasteiger partial charge in [-0.25, -0.2) is 0 Å². The van der Waals surface area contributed by atoms with E-state index in [0.29, 0.717) is 32.1 Å². The van der Waals surface area contributed by atoms with Crippen LogP contribution in [0.2, 0.25) is 0 Å². The van der Waals surface area contributed by atoms with Gasteiger partial charge in [0.1, 0.15) is 54.4 Å². The van der Waals surface area contributed by atoms with E-state index in [1.165, 1.54) is 0 Å². The summed E-state index contributed by atoms with van der Waals surface area (Å²) in [6.07, 6.45) is 0.406. The van der Waals surface area contributed by atoms with E-state index in [2.05, 4.69) is 90.4 Å². The Balaban J connectivity index is 7.66. The number of aliphatic imine (C=N–C) groups is 6. The molecule has 0 radical (unpaired) electrons. The Labute approximate surface area is 586 Å². The van der Waals surface area contributed by atoms with Crippen molar-refractivity contribution in [3.63, 3.8) is 0 Å². The zero-order chi connectivity index (χ0) is 75.7. The predicted octanol–water partition coefficient (Wildman–Crippen LogP) is -12.1. The maximum Gasteiger partial charge on any atom is 0.243 e. The van der Waals surface area contributed by atoms with Gasteiger partial charge in [0, 0.05) is 51.4 Å². The molecule has 0 saturated heterocycles. The second-order valence-electron chi connectivity index (χ2n) is 23.0. The van der Waals surface area contributed by atoms with Gasteiger partial charge in [0.2, 0.25) is 65.0 Å². The van der Waals surface area contributed by atoms with Gasteiger partial charge in [-0.2, -0.15) is 12.6 Å². The van der Waals surface area contributed by atoms with Gasteiger partial charge in [-0.15, -0.1) is 0 Å². The van der Waals surface area contributed by atoms with Crippen molar-refractivity contribution < 1.29 is 52.7 Å². The zero-order valence-electron chi connectivity index (χ0n) is 56.7. The molecule has 0 aliphatic rings. The van der Waals surface area contributed by atoms with Crippen LogP contribution in [0.5, 0.6) is 0 Å². The Morgan fingerprint density at radius 1 is 0.270 bits per heavy atom. The molecular formula is C56H112N32O11S. The molecule has 0 aromatic carbocycles. The molecule has 568 valence electrons. The van der Waals surface area contributed by atoms with E-state index in [4.69, 9.17) is 97.5 Å². The minimum atomic E-state index is -1.70. The lowest BCUT2D eigenvalue weighted by molar-refractivity contribution is -0.136. The Morgan fingerprint density at radius 2 is 0.470 bits per heavy atom. The van der Waals surface area contributed by atoms with Crippen molar-refractivity contribution in [3.05, 3.63) is 0 Å². The van der Waals surface area contributed by atoms with Gasteiger partial charge >= 0.3 is 0 Å². The van der Waals surface area contributed by atoms with E-state index in [9.17, 15) is 52.7 Å². The fourth-order valence-corrected chi connectivity index (χ4v) is 9.53. The van der Waals surface area contributed by atoms with E-state index >= 15 is 0 Å². The van der Waals surface area contributed by atoms with Crippen LogP contribution in [0.25, 0.3) is 0 Å². The molecule has 0 heterocycles. The Kier molecular flexibility index (Phi) is 46.9. The first-order valence-corrected chi connectivity index (χ1v) is 33.3. The summed E-state index contributed by atoms with van der Waals surface area (Å²) >= 11 is 4.07. The van der Waals surface area contributed by atoms with Crippen LogP contribution in [0.15, 0.2) is 30.0 Å². The number of rotatable bonds is 55. The van der Waals surface area contributed by atoms with Crippen LogP contribution in [0, 0.1) is 0 Å². The Morgan fingerprint density at radius 3 is 0.670 bits per heavy atom. The highest BCUT2D eigenvalue weighted by Gasteiger charge is 2.36. The summed E-state index contributed by atoms with van der Waals surface area (Å²) in [6.45, 7) is 0.432. The van der Waals surface area contributed by atoms with Crippen LogP contribution in [0.3, 0.4) is 0 Å². The molecule has 0 saturated carbocycles. The van der Waals surface area contributed by atoms with Crippen LogP contribution >= 0.6 is 12.6 Å². The Hall–Kier alpha value is -9.98. The van der Waals surface area contributed by atoms with Crippen molar-refractivity contribution >= 4 is 113 Å². The minimum Gasteiger partial charge on any atom is -0.370 e. The van der Waals surface area contributed by atoms with Gasteiger partial charge in [-0.1, -0.05) is 0 Å². The van der Waals surface area contributed by atoms with E-state index in [0.717, 1.165) is 0 Å². The molecule has 0 aliphatic carbocycles. The molecule has 100 heavy (non-hydrogen) atoms. The van der Waals surface area contributed by atoms with Crippen LogP contribution < -0.4 is 145 Å². The molecule has 11 amide bonds. The monoisotopic (exact) mass is 1440 g/mol. The molecular weight excluding hydrogens is 1330 g/mol. The van der Waals surface area contributed by atoms with Crippen molar-refractivity contribution in [2.24, 2.45) is 127 Å². The third kappa shape index (κ3) is 42.6. The number of amides is 11. The van der Waals surface area contributed by atoms with Gasteiger partial charge in [0.25, 0.3) is 0 Å². The number of guanidine groups is 6. The van der Waals surface area contributed by atoms with Gasteiger partial charge in [0.05, 0.1) is 6.04 Å². The topological polar surface area (TPSA) is 813 Å². The number of unbranched alkanes of at least 4 members (excludes halogenated alkanes) is 2. The average molecular weight is 1440 g/mol. The fraction of sp³-hybridized carbons (Fsp3) is 0.696. The van der Waals surface area contributed by atoms with Crippen molar-refractivity contribution in [2.45, 2.75) is 189 Å². The summed E-state index contributed by atoms with van der Waals surface area (Å²) in [4.78, 5) is 177. The smallest absolute Gasteiger partial charge is 0.243 e. The minimum absolute atomic E-state index is 0.00248. The molecule has 43 nitrogen and oxygen atoms in total. The third-order valence-electron chi connectivity index (χ3n) is 14.5. The summed E-state index contributed by atoms with van der Waals surface area (Å²) in [6, 6.07) is -14.2. The highest BCUT2D eigenvalue weighted by molar-refractivity contribution is 7.80. The first-order chi connectivity index (χ1) is 47.3. The molecule has 0 rings (SSSR count). The van der Waals surface area contributed by atoms with Crippen LogP contribution in [-0.4, -0.2) is 219 Å². The number of nitrogens with one attached hydrogen (secondary N) is 9. The summed E-state index contributed by atoms with van der Waals surface area (Å²) in [5.41, 5.74) is 95.0. The standard InChI is InChI=1S/C56H112N32O11S/c57-21-3-1-12-31(80-42(91)30(59)11-5-23-74-51(62)63)43(92)81-32(13-2-4-22-58)44(93)82-33(14-6-24-75-52(64)65)45(94)83-34(15-7-25-76-53(66)67)46(95)84-36(17-9-27-78-55(70)71)48(97)87-38(19-20-40(60)89)50(99)86-35(16-8-26-77-54(68)69)47(96)85-37(18-10-28-79-56(72)73)49(98)88-39(29-100)41(61)90/h30-39,100H,1-29,57-59H2,(H2,60,89)(H2,61,90)(H,80,91)(H,81,92)(H,82,93)(H,83,94)(H,84,95)(H,85,96)(H,86,99)(H,87,97)(H,88,98)(H4,62,63,74)(H4,64,65,75)(H4,66,67,76)(H4,68,69,77)(H4,70,71,78)(H4,72,73,79)/t30-,31-,32-,33-,34-,35-,36-,37-,38-,39-/m0/s1. The normalized spacial score (nSPS) is 13.8. The van der Waals surface area contributed by atoms with Crippen molar-refractivity contribution in [2.75, 3.05) is 58.1 Å². The number of carbonyl (C=O) groups is 11. The van der Waals surface area contributed by atoms with Gasteiger partial charge in [0.15, 0.2) is 35.8 Å². The van der Waals surface area contributed by atoms with E-state index < -0.39 is 138 Å². The van der Waals surface area contributed by atoms with Crippen molar-refractivity contribution in [1.82, 2.24) is 47.9 Å². The first kappa shape index (κ1) is 90.0. The first-order valence-electron chi connectivity index (χ1n) is 32.7. The molecule has 43 N–H and O–H groups in total. The van der Waals surface area contributed by atoms with Gasteiger partial charge < -0.3 is 145 Å². The lowest BCUT2D eigenvalue weighted by Crippen LogP contribution is -2.60. The Bertz CT molecular complexity index is 2770. The molecule has 0 aromatic rings. The quantitative estimate of drug-likeness (QED) is 0.0116.